The first-order valence-electron chi connectivity index (χ1n) is 8.45. The molecule has 1 aromatic carbocycles. The van der Waals surface area contributed by atoms with E-state index < -0.39 is 11.6 Å². The van der Waals surface area contributed by atoms with Crippen LogP contribution >= 0.6 is 0 Å². The zero-order chi connectivity index (χ0) is 18.1. The molecule has 1 N–H and O–H groups in total. The van der Waals surface area contributed by atoms with Crippen molar-refractivity contribution in [3.05, 3.63) is 23.8 Å². The third kappa shape index (κ3) is 5.08. The summed E-state index contributed by atoms with van der Waals surface area (Å²) in [6.07, 6.45) is 0.570. The second kappa shape index (κ2) is 9.25. The number of benzene rings is 1. The first-order valence-corrected chi connectivity index (χ1v) is 8.45. The van der Waals surface area contributed by atoms with Gasteiger partial charge in [-0.1, -0.05) is 0 Å². The van der Waals surface area contributed by atoms with Gasteiger partial charge in [-0.25, -0.2) is 4.79 Å². The van der Waals surface area contributed by atoms with Crippen molar-refractivity contribution in [1.29, 1.82) is 5.26 Å². The Morgan fingerprint density at radius 3 is 2.88 bits per heavy atom. The van der Waals surface area contributed by atoms with Crippen molar-refractivity contribution in [3.63, 3.8) is 0 Å². The molecule has 7 nitrogen and oxygen atoms in total. The van der Waals surface area contributed by atoms with Crippen LogP contribution in [0.4, 0.5) is 5.69 Å². The van der Waals surface area contributed by atoms with Gasteiger partial charge < -0.3 is 24.3 Å². The van der Waals surface area contributed by atoms with Crippen molar-refractivity contribution in [2.75, 3.05) is 44.9 Å². The van der Waals surface area contributed by atoms with Crippen LogP contribution in [0.5, 0.6) is 5.75 Å². The molecule has 1 unspecified atom stereocenters. The maximum atomic E-state index is 12.2. The van der Waals surface area contributed by atoms with Crippen molar-refractivity contribution in [3.8, 4) is 11.8 Å². The number of carbonyl (C=O) groups excluding carboxylic acids is 1. The zero-order valence-corrected chi connectivity index (χ0v) is 14.7. The summed E-state index contributed by atoms with van der Waals surface area (Å²) < 4.78 is 21.5. The van der Waals surface area contributed by atoms with Crippen LogP contribution in [0.3, 0.4) is 0 Å². The Kier molecular flexibility index (Phi) is 7.04. The Balaban J connectivity index is 1.98. The molecule has 1 fully saturated rings. The topological polar surface area (TPSA) is 89.8 Å². The number of ether oxygens (including phenoxy) is 4. The van der Waals surface area contributed by atoms with E-state index in [1.165, 1.54) is 0 Å². The fourth-order valence-corrected chi connectivity index (χ4v) is 2.52. The van der Waals surface area contributed by atoms with E-state index in [1.807, 2.05) is 6.92 Å². The predicted octanol–water partition coefficient (Wildman–Crippen LogP) is 2.37. The molecule has 1 saturated heterocycles. The minimum Gasteiger partial charge on any atom is -0.494 e. The van der Waals surface area contributed by atoms with E-state index >= 15 is 0 Å². The smallest absolute Gasteiger partial charge is 0.340 e. The molecule has 7 heteroatoms. The van der Waals surface area contributed by atoms with Gasteiger partial charge in [0.2, 0.25) is 0 Å². The highest BCUT2D eigenvalue weighted by Gasteiger charge is 2.35. The van der Waals surface area contributed by atoms with Crippen molar-refractivity contribution in [2.24, 2.45) is 0 Å². The summed E-state index contributed by atoms with van der Waals surface area (Å²) in [5, 5.41) is 12.4. The molecule has 0 saturated carbocycles. The summed E-state index contributed by atoms with van der Waals surface area (Å²) >= 11 is 0. The molecule has 0 aromatic heterocycles. The Morgan fingerprint density at radius 1 is 1.40 bits per heavy atom. The molecule has 1 aliphatic rings. The molecule has 0 amide bonds. The molecular formula is C18H24N2O5. The van der Waals surface area contributed by atoms with Crippen LogP contribution in [-0.4, -0.2) is 51.1 Å². The van der Waals surface area contributed by atoms with Crippen LogP contribution < -0.4 is 10.1 Å². The van der Waals surface area contributed by atoms with Gasteiger partial charge in [-0.3, -0.25) is 0 Å². The van der Waals surface area contributed by atoms with Gasteiger partial charge in [0.1, 0.15) is 11.8 Å². The van der Waals surface area contributed by atoms with E-state index in [-0.39, 0.29) is 0 Å². The van der Waals surface area contributed by atoms with Crippen molar-refractivity contribution >= 4 is 11.7 Å². The summed E-state index contributed by atoms with van der Waals surface area (Å²) in [5.41, 5.74) is 0.191. The number of carbonyl (C=O) groups is 1. The van der Waals surface area contributed by atoms with Gasteiger partial charge in [0.05, 0.1) is 38.6 Å². The van der Waals surface area contributed by atoms with E-state index in [0.717, 1.165) is 0 Å². The molecule has 2 rings (SSSR count). The first kappa shape index (κ1) is 19.0. The molecule has 1 aliphatic heterocycles. The van der Waals surface area contributed by atoms with Gasteiger partial charge in [0, 0.05) is 18.7 Å². The summed E-state index contributed by atoms with van der Waals surface area (Å²) in [7, 11) is 0. The Bertz CT molecular complexity index is 620. The highest BCUT2D eigenvalue weighted by atomic mass is 16.6. The molecule has 1 heterocycles. The monoisotopic (exact) mass is 348 g/mol. The third-order valence-corrected chi connectivity index (χ3v) is 3.78. The molecule has 0 spiro atoms. The maximum Gasteiger partial charge on any atom is 0.340 e. The lowest BCUT2D eigenvalue weighted by molar-refractivity contribution is -0.00316. The number of nitrogens with one attached hydrogen (secondary N) is 1. The molecule has 0 bridgehead atoms. The van der Waals surface area contributed by atoms with Crippen molar-refractivity contribution in [1.82, 2.24) is 0 Å². The second-order valence-electron chi connectivity index (χ2n) is 5.54. The first-order chi connectivity index (χ1) is 12.1. The van der Waals surface area contributed by atoms with E-state index in [2.05, 4.69) is 11.4 Å². The lowest BCUT2D eigenvalue weighted by Crippen LogP contribution is -2.33. The summed E-state index contributed by atoms with van der Waals surface area (Å²) in [4.78, 5) is 12.2. The molecular weight excluding hydrogens is 324 g/mol. The van der Waals surface area contributed by atoms with Crippen molar-refractivity contribution in [2.45, 2.75) is 25.9 Å². The lowest BCUT2D eigenvalue weighted by atomic mass is 10.1. The van der Waals surface area contributed by atoms with Gasteiger partial charge in [-0.15, -0.1) is 0 Å². The standard InChI is InChI=1S/C18H24N2O5/c1-3-23-14-5-6-16(15(11-14)17(21)24-4-2)20-8-10-25-18(12-19)7-9-22-13-18/h5-6,11,20H,3-4,7-10,13H2,1-2H3. The van der Waals surface area contributed by atoms with Gasteiger partial charge >= 0.3 is 5.97 Å². The normalized spacial score (nSPS) is 19.2. The van der Waals surface area contributed by atoms with Gasteiger partial charge in [0.15, 0.2) is 5.60 Å². The highest BCUT2D eigenvalue weighted by Crippen LogP contribution is 2.24. The average molecular weight is 348 g/mol. The molecule has 136 valence electrons. The predicted molar refractivity (Wildman–Crippen MR) is 91.8 cm³/mol. The van der Waals surface area contributed by atoms with E-state index in [1.54, 1.807) is 25.1 Å². The van der Waals surface area contributed by atoms with Crippen LogP contribution in [-0.2, 0) is 14.2 Å². The minimum absolute atomic E-state index is 0.292. The Labute approximate surface area is 147 Å². The largest absolute Gasteiger partial charge is 0.494 e. The highest BCUT2D eigenvalue weighted by molar-refractivity contribution is 5.96. The van der Waals surface area contributed by atoms with E-state index in [0.29, 0.717) is 63.0 Å². The van der Waals surface area contributed by atoms with E-state index in [9.17, 15) is 10.1 Å². The lowest BCUT2D eigenvalue weighted by Gasteiger charge is -2.20. The number of esters is 1. The van der Waals surface area contributed by atoms with Crippen molar-refractivity contribution < 1.29 is 23.7 Å². The Hall–Kier alpha value is -2.30. The zero-order valence-electron chi connectivity index (χ0n) is 14.7. The number of anilines is 1. The number of nitrogens with zero attached hydrogens (tertiary/aromatic N) is 1. The minimum atomic E-state index is -0.857. The quantitative estimate of drug-likeness (QED) is 0.541. The fourth-order valence-electron chi connectivity index (χ4n) is 2.52. The fraction of sp³-hybridized carbons (Fsp3) is 0.556. The molecule has 0 radical (unpaired) electrons. The second-order valence-corrected chi connectivity index (χ2v) is 5.54. The molecule has 0 aliphatic carbocycles. The Morgan fingerprint density at radius 2 is 2.24 bits per heavy atom. The summed E-state index contributed by atoms with van der Waals surface area (Å²) in [5.74, 6) is 0.198. The number of nitriles is 1. The van der Waals surface area contributed by atoms with Crippen LogP contribution in [0, 0.1) is 11.3 Å². The SMILES string of the molecule is CCOC(=O)c1cc(OCC)ccc1NCCOC1(C#N)CCOC1. The molecule has 25 heavy (non-hydrogen) atoms. The van der Waals surface area contributed by atoms with E-state index in [4.69, 9.17) is 18.9 Å². The van der Waals surface area contributed by atoms with Crippen LogP contribution in [0.15, 0.2) is 18.2 Å². The number of hydrogen-bond acceptors (Lipinski definition) is 7. The van der Waals surface area contributed by atoms with Crippen LogP contribution in [0.1, 0.15) is 30.6 Å². The number of hydrogen-bond donors (Lipinski definition) is 1. The van der Waals surface area contributed by atoms with Gasteiger partial charge in [-0.05, 0) is 32.0 Å². The third-order valence-electron chi connectivity index (χ3n) is 3.78. The number of rotatable bonds is 9. The summed E-state index contributed by atoms with van der Waals surface area (Å²) in [6, 6.07) is 7.40. The summed E-state index contributed by atoms with van der Waals surface area (Å²) in [6.45, 7) is 6.05. The van der Waals surface area contributed by atoms with Crippen LogP contribution in [0.2, 0.25) is 0 Å². The van der Waals surface area contributed by atoms with Crippen LogP contribution in [0.25, 0.3) is 0 Å². The molecule has 1 aromatic rings. The molecule has 1 atom stereocenters. The van der Waals surface area contributed by atoms with Gasteiger partial charge in [0.25, 0.3) is 0 Å². The maximum absolute atomic E-state index is 12.2. The average Bonchev–Trinajstić information content (AvgIpc) is 3.09. The van der Waals surface area contributed by atoms with Gasteiger partial charge in [-0.2, -0.15) is 5.26 Å².